The van der Waals surface area contributed by atoms with Gasteiger partial charge in [-0.3, -0.25) is 4.79 Å². The quantitative estimate of drug-likeness (QED) is 0.754. The highest BCUT2D eigenvalue weighted by Gasteiger charge is 2.15. The second-order valence-electron chi connectivity index (χ2n) is 4.63. The van der Waals surface area contributed by atoms with Crippen LogP contribution < -0.4 is 11.3 Å². The summed E-state index contributed by atoms with van der Waals surface area (Å²) < 4.78 is 15.0. The molecule has 0 radical (unpaired) electrons. The monoisotopic (exact) mass is 307 g/mol. The molecule has 3 N–H and O–H groups in total. The maximum Gasteiger partial charge on any atom is 0.279 e. The van der Waals surface area contributed by atoms with Crippen LogP contribution in [-0.4, -0.2) is 19.6 Å². The number of anilines is 1. The summed E-state index contributed by atoms with van der Waals surface area (Å²) in [4.78, 5) is 19.2. The Morgan fingerprint density at radius 3 is 3.00 bits per heavy atom. The van der Waals surface area contributed by atoms with Crippen molar-refractivity contribution in [1.82, 2.24) is 19.6 Å². The van der Waals surface area contributed by atoms with Gasteiger partial charge in [0.05, 0.1) is 5.02 Å². The van der Waals surface area contributed by atoms with Crippen molar-refractivity contribution in [2.45, 2.75) is 13.3 Å². The number of nitrogens with one attached hydrogen (secondary N) is 1. The topological polar surface area (TPSA) is 89.1 Å². The van der Waals surface area contributed by atoms with Gasteiger partial charge in [0.15, 0.2) is 0 Å². The van der Waals surface area contributed by atoms with E-state index in [4.69, 9.17) is 17.3 Å². The summed E-state index contributed by atoms with van der Waals surface area (Å²) in [5.41, 5.74) is 6.39. The second-order valence-corrected chi connectivity index (χ2v) is 5.04. The molecule has 6 nitrogen and oxygen atoms in total. The number of aryl methyl sites for hydroxylation is 1. The van der Waals surface area contributed by atoms with Crippen molar-refractivity contribution < 1.29 is 4.39 Å². The SMILES string of the molecule is Cc1[nH]c2nc(N)nn2c(=O)c1Cc1cccc(Cl)c1F. The van der Waals surface area contributed by atoms with Crippen LogP contribution in [0.2, 0.25) is 5.02 Å². The van der Waals surface area contributed by atoms with Crippen molar-refractivity contribution in [2.24, 2.45) is 0 Å². The Morgan fingerprint density at radius 1 is 1.48 bits per heavy atom. The van der Waals surface area contributed by atoms with Gasteiger partial charge < -0.3 is 10.7 Å². The van der Waals surface area contributed by atoms with Crippen LogP contribution >= 0.6 is 11.6 Å². The zero-order valence-electron chi connectivity index (χ0n) is 11.0. The fourth-order valence-electron chi connectivity index (χ4n) is 2.17. The molecule has 2 aromatic heterocycles. The van der Waals surface area contributed by atoms with Crippen LogP contribution in [0.1, 0.15) is 16.8 Å². The maximum absolute atomic E-state index is 14.0. The number of hydrogen-bond acceptors (Lipinski definition) is 4. The van der Waals surface area contributed by atoms with E-state index in [1.165, 1.54) is 6.07 Å². The van der Waals surface area contributed by atoms with E-state index >= 15 is 0 Å². The Hall–Kier alpha value is -2.41. The lowest BCUT2D eigenvalue weighted by atomic mass is 10.0. The lowest BCUT2D eigenvalue weighted by molar-refractivity contribution is 0.613. The van der Waals surface area contributed by atoms with Gasteiger partial charge in [-0.05, 0) is 18.6 Å². The third kappa shape index (κ3) is 2.25. The predicted octanol–water partition coefficient (Wildman–Crippen LogP) is 1.69. The highest BCUT2D eigenvalue weighted by Crippen LogP contribution is 2.20. The van der Waals surface area contributed by atoms with Gasteiger partial charge in [0, 0.05) is 17.7 Å². The second kappa shape index (κ2) is 4.85. The smallest absolute Gasteiger partial charge is 0.279 e. The number of hydrogen-bond donors (Lipinski definition) is 2. The minimum absolute atomic E-state index is 0.00571. The van der Waals surface area contributed by atoms with E-state index < -0.39 is 5.82 Å². The molecule has 0 amide bonds. The van der Waals surface area contributed by atoms with Gasteiger partial charge in [-0.25, -0.2) is 4.39 Å². The van der Waals surface area contributed by atoms with Gasteiger partial charge in [0.1, 0.15) is 5.82 Å². The van der Waals surface area contributed by atoms with Crippen LogP contribution in [0.15, 0.2) is 23.0 Å². The maximum atomic E-state index is 14.0. The molecule has 21 heavy (non-hydrogen) atoms. The Balaban J connectivity index is 2.16. The minimum Gasteiger partial charge on any atom is -0.366 e. The molecule has 0 unspecified atom stereocenters. The number of halogens is 2. The Kier molecular flexibility index (Phi) is 3.13. The van der Waals surface area contributed by atoms with E-state index in [-0.39, 0.29) is 28.7 Å². The van der Waals surface area contributed by atoms with Crippen LogP contribution in [0.4, 0.5) is 10.3 Å². The van der Waals surface area contributed by atoms with Gasteiger partial charge in [-0.15, -0.1) is 5.10 Å². The fraction of sp³-hybridized carbons (Fsp3) is 0.154. The number of nitrogens with two attached hydrogens (primary N) is 1. The molecular formula is C13H11ClFN5O. The number of H-pyrrole nitrogens is 1. The fourth-order valence-corrected chi connectivity index (χ4v) is 2.36. The normalized spacial score (nSPS) is 11.2. The molecule has 0 aliphatic heterocycles. The standard InChI is InChI=1S/C13H11ClFN5O/c1-6-8(5-7-3-2-4-9(14)10(7)15)11(21)20-13(17-6)18-12(16)19-20/h2-4H,5H2,1H3,(H3,16,17,18,19). The summed E-state index contributed by atoms with van der Waals surface area (Å²) in [7, 11) is 0. The number of nitrogens with zero attached hydrogens (tertiary/aromatic N) is 3. The zero-order chi connectivity index (χ0) is 15.1. The predicted molar refractivity (Wildman–Crippen MR) is 77.0 cm³/mol. The van der Waals surface area contributed by atoms with Crippen molar-refractivity contribution in [2.75, 3.05) is 5.73 Å². The molecule has 0 aliphatic rings. The molecule has 0 spiro atoms. The average molecular weight is 308 g/mol. The summed E-state index contributed by atoms with van der Waals surface area (Å²) in [5.74, 6) is -0.282. The number of fused-ring (bicyclic) bond motifs is 1. The third-order valence-corrected chi connectivity index (χ3v) is 3.52. The lowest BCUT2D eigenvalue weighted by Gasteiger charge is -2.07. The van der Waals surface area contributed by atoms with Crippen LogP contribution in [0.3, 0.4) is 0 Å². The van der Waals surface area contributed by atoms with Gasteiger partial charge in [-0.1, -0.05) is 23.7 Å². The highest BCUT2D eigenvalue weighted by atomic mass is 35.5. The largest absolute Gasteiger partial charge is 0.366 e. The van der Waals surface area contributed by atoms with Crippen LogP contribution in [-0.2, 0) is 6.42 Å². The number of aromatic amines is 1. The summed E-state index contributed by atoms with van der Waals surface area (Å²) in [6.45, 7) is 1.71. The molecule has 0 aliphatic carbocycles. The summed E-state index contributed by atoms with van der Waals surface area (Å²) in [5, 5.41) is 3.84. The average Bonchev–Trinajstić information content (AvgIpc) is 2.80. The van der Waals surface area contributed by atoms with E-state index in [2.05, 4.69) is 15.1 Å². The molecule has 0 atom stereocenters. The minimum atomic E-state index is -0.531. The van der Waals surface area contributed by atoms with Gasteiger partial charge >= 0.3 is 0 Å². The molecule has 3 aromatic rings. The first-order valence-electron chi connectivity index (χ1n) is 6.14. The first-order valence-corrected chi connectivity index (χ1v) is 6.52. The van der Waals surface area contributed by atoms with Gasteiger partial charge in [-0.2, -0.15) is 9.50 Å². The molecular weight excluding hydrogens is 297 g/mol. The third-order valence-electron chi connectivity index (χ3n) is 3.22. The highest BCUT2D eigenvalue weighted by molar-refractivity contribution is 6.30. The molecule has 0 saturated heterocycles. The van der Waals surface area contributed by atoms with E-state index in [9.17, 15) is 9.18 Å². The van der Waals surface area contributed by atoms with E-state index in [0.717, 1.165) is 4.52 Å². The van der Waals surface area contributed by atoms with Crippen molar-refractivity contribution in [1.29, 1.82) is 0 Å². The lowest BCUT2D eigenvalue weighted by Crippen LogP contribution is -2.22. The van der Waals surface area contributed by atoms with Crippen molar-refractivity contribution >= 4 is 23.3 Å². The first kappa shape index (κ1) is 13.6. The number of aromatic nitrogens is 4. The van der Waals surface area contributed by atoms with Crippen LogP contribution in [0.5, 0.6) is 0 Å². The molecule has 3 rings (SSSR count). The van der Waals surface area contributed by atoms with Crippen molar-refractivity contribution in [3.63, 3.8) is 0 Å². The number of benzene rings is 1. The number of nitrogen functional groups attached to an aromatic ring is 1. The van der Waals surface area contributed by atoms with Crippen LogP contribution in [0, 0.1) is 12.7 Å². The van der Waals surface area contributed by atoms with Gasteiger partial charge in [0.2, 0.25) is 11.7 Å². The van der Waals surface area contributed by atoms with Crippen molar-refractivity contribution in [3.05, 3.63) is 56.2 Å². The number of rotatable bonds is 2. The summed E-state index contributed by atoms with van der Waals surface area (Å²) in [6, 6.07) is 4.68. The first-order chi connectivity index (χ1) is 9.97. The molecule has 8 heteroatoms. The van der Waals surface area contributed by atoms with Crippen LogP contribution in [0.25, 0.3) is 5.78 Å². The molecule has 2 heterocycles. The summed E-state index contributed by atoms with van der Waals surface area (Å²) in [6.07, 6.45) is 0.100. The Bertz CT molecular complexity index is 901. The van der Waals surface area contributed by atoms with E-state index in [1.54, 1.807) is 19.1 Å². The molecule has 108 valence electrons. The molecule has 0 saturated carbocycles. The Morgan fingerprint density at radius 2 is 2.24 bits per heavy atom. The van der Waals surface area contributed by atoms with E-state index in [0.29, 0.717) is 16.8 Å². The zero-order valence-corrected chi connectivity index (χ0v) is 11.8. The summed E-state index contributed by atoms with van der Waals surface area (Å²) >= 11 is 5.75. The van der Waals surface area contributed by atoms with Gasteiger partial charge in [0.25, 0.3) is 5.56 Å². The molecule has 0 fully saturated rings. The van der Waals surface area contributed by atoms with Crippen molar-refractivity contribution in [3.8, 4) is 0 Å². The molecule has 0 bridgehead atoms. The molecule has 1 aromatic carbocycles. The Labute approximate surface area is 123 Å². The van der Waals surface area contributed by atoms with E-state index in [1.807, 2.05) is 0 Å².